The van der Waals surface area contributed by atoms with E-state index in [9.17, 15) is 14.4 Å². The van der Waals surface area contributed by atoms with Crippen molar-refractivity contribution in [1.29, 1.82) is 0 Å². The lowest BCUT2D eigenvalue weighted by Gasteiger charge is -2.35. The highest BCUT2D eigenvalue weighted by Gasteiger charge is 2.34. The molecule has 0 heterocycles. The number of alkyl carbamates (subject to hydrolysis) is 1. The van der Waals surface area contributed by atoms with E-state index in [0.717, 1.165) is 0 Å². The topological polar surface area (TPSA) is 105 Å². The number of nitrogens with one attached hydrogen (secondary N) is 2. The summed E-state index contributed by atoms with van der Waals surface area (Å²) in [6.07, 6.45) is 1.24. The van der Waals surface area contributed by atoms with Gasteiger partial charge in [0.2, 0.25) is 5.91 Å². The predicted octanol–water partition coefficient (Wildman–Crippen LogP) is 4.31. The fourth-order valence-electron chi connectivity index (χ4n) is 5.00. The molecule has 2 aliphatic rings. The highest BCUT2D eigenvalue weighted by molar-refractivity contribution is 5.79. The third-order valence-corrected chi connectivity index (χ3v) is 6.92. The minimum atomic E-state index is -0.921. The summed E-state index contributed by atoms with van der Waals surface area (Å²) in [6, 6.07) is 16.1. The fourth-order valence-corrected chi connectivity index (χ4v) is 5.00. The number of rotatable bonds is 9. The molecule has 180 valence electrons. The molecule has 0 radical (unpaired) electrons. The van der Waals surface area contributed by atoms with Gasteiger partial charge in [-0.3, -0.25) is 9.59 Å². The lowest BCUT2D eigenvalue weighted by atomic mass is 9.78. The van der Waals surface area contributed by atoms with E-state index in [4.69, 9.17) is 9.84 Å². The number of amides is 2. The molecule has 2 amide bonds. The summed E-state index contributed by atoms with van der Waals surface area (Å²) in [5, 5.41) is 14.8. The second-order valence-electron chi connectivity index (χ2n) is 9.72. The summed E-state index contributed by atoms with van der Waals surface area (Å²) < 4.78 is 5.59. The van der Waals surface area contributed by atoms with Crippen molar-refractivity contribution in [3.8, 4) is 11.1 Å². The van der Waals surface area contributed by atoms with Gasteiger partial charge in [-0.1, -0.05) is 62.4 Å². The van der Waals surface area contributed by atoms with Gasteiger partial charge >= 0.3 is 12.1 Å². The van der Waals surface area contributed by atoms with Crippen LogP contribution in [-0.4, -0.2) is 41.8 Å². The molecule has 0 aromatic heterocycles. The van der Waals surface area contributed by atoms with Crippen molar-refractivity contribution in [1.82, 2.24) is 10.6 Å². The molecule has 2 aromatic carbocycles. The molecule has 0 saturated heterocycles. The van der Waals surface area contributed by atoms with Gasteiger partial charge in [0.05, 0.1) is 6.42 Å². The summed E-state index contributed by atoms with van der Waals surface area (Å²) >= 11 is 0. The van der Waals surface area contributed by atoms with E-state index < -0.39 is 12.1 Å². The molecule has 34 heavy (non-hydrogen) atoms. The number of carbonyl (C=O) groups is 3. The molecule has 0 bridgehead atoms. The number of carboxylic acids is 1. The van der Waals surface area contributed by atoms with Gasteiger partial charge in [0.25, 0.3) is 0 Å². The van der Waals surface area contributed by atoms with Crippen LogP contribution in [0.5, 0.6) is 0 Å². The number of hydrogen-bond acceptors (Lipinski definition) is 4. The van der Waals surface area contributed by atoms with Crippen molar-refractivity contribution in [2.24, 2.45) is 11.8 Å². The lowest BCUT2D eigenvalue weighted by molar-refractivity contribution is -0.138. The third-order valence-electron chi connectivity index (χ3n) is 6.92. The zero-order valence-corrected chi connectivity index (χ0v) is 19.6. The molecule has 1 atom stereocenters. The van der Waals surface area contributed by atoms with Crippen LogP contribution < -0.4 is 10.6 Å². The first-order valence-corrected chi connectivity index (χ1v) is 11.9. The van der Waals surface area contributed by atoms with Crippen LogP contribution in [0.4, 0.5) is 4.79 Å². The Morgan fingerprint density at radius 1 is 1.00 bits per heavy atom. The maximum Gasteiger partial charge on any atom is 0.407 e. The van der Waals surface area contributed by atoms with Crippen LogP contribution in [0.15, 0.2) is 48.5 Å². The first-order chi connectivity index (χ1) is 16.3. The predicted molar refractivity (Wildman–Crippen MR) is 128 cm³/mol. The zero-order chi connectivity index (χ0) is 24.2. The Kier molecular flexibility index (Phi) is 7.20. The fraction of sp³-hybridized carbons (Fsp3) is 0.444. The van der Waals surface area contributed by atoms with Gasteiger partial charge in [0.1, 0.15) is 6.61 Å². The lowest BCUT2D eigenvalue weighted by Crippen LogP contribution is -2.47. The summed E-state index contributed by atoms with van der Waals surface area (Å²) in [6.45, 7) is 4.07. The second kappa shape index (κ2) is 10.3. The van der Waals surface area contributed by atoms with Crippen LogP contribution in [0.3, 0.4) is 0 Å². The first-order valence-electron chi connectivity index (χ1n) is 11.9. The molecule has 4 rings (SSSR count). The van der Waals surface area contributed by atoms with Crippen molar-refractivity contribution >= 4 is 18.0 Å². The Hall–Kier alpha value is -3.35. The van der Waals surface area contributed by atoms with E-state index >= 15 is 0 Å². The van der Waals surface area contributed by atoms with E-state index in [0.29, 0.717) is 19.3 Å². The van der Waals surface area contributed by atoms with Crippen molar-refractivity contribution in [3.05, 3.63) is 59.7 Å². The summed E-state index contributed by atoms with van der Waals surface area (Å²) in [5.74, 6) is -0.809. The molecule has 1 saturated carbocycles. The van der Waals surface area contributed by atoms with Gasteiger partial charge < -0.3 is 20.5 Å². The van der Waals surface area contributed by atoms with E-state index in [1.165, 1.54) is 22.3 Å². The molecular weight excluding hydrogens is 432 g/mol. The number of fused-ring (bicyclic) bond motifs is 3. The molecule has 1 fully saturated rings. The van der Waals surface area contributed by atoms with Crippen molar-refractivity contribution in [2.75, 3.05) is 6.61 Å². The van der Waals surface area contributed by atoms with Crippen LogP contribution in [0.1, 0.15) is 56.6 Å². The average molecular weight is 465 g/mol. The van der Waals surface area contributed by atoms with E-state index in [1.807, 2.05) is 38.1 Å². The summed E-state index contributed by atoms with van der Waals surface area (Å²) in [5.41, 5.74) is 4.73. The Morgan fingerprint density at radius 3 is 2.15 bits per heavy atom. The molecule has 0 spiro atoms. The maximum atomic E-state index is 12.4. The minimum absolute atomic E-state index is 0.00614. The average Bonchev–Trinajstić information content (AvgIpc) is 3.09. The van der Waals surface area contributed by atoms with E-state index in [2.05, 4.69) is 34.9 Å². The molecule has 2 aliphatic carbocycles. The zero-order valence-electron chi connectivity index (χ0n) is 19.6. The normalized spacial score (nSPS) is 19.5. The number of carboxylic acid groups (broad SMARTS) is 1. The van der Waals surface area contributed by atoms with Crippen LogP contribution in [0.2, 0.25) is 0 Å². The second-order valence-corrected chi connectivity index (χ2v) is 9.72. The Morgan fingerprint density at radius 2 is 1.59 bits per heavy atom. The molecule has 2 aromatic rings. The molecule has 1 unspecified atom stereocenters. The Labute approximate surface area is 199 Å². The number of carbonyl (C=O) groups excluding carboxylic acids is 2. The van der Waals surface area contributed by atoms with Crippen molar-refractivity contribution in [3.63, 3.8) is 0 Å². The monoisotopic (exact) mass is 464 g/mol. The highest BCUT2D eigenvalue weighted by Crippen LogP contribution is 2.44. The molecule has 0 aliphatic heterocycles. The third kappa shape index (κ3) is 5.41. The molecular formula is C27H32N2O5. The van der Waals surface area contributed by atoms with Gasteiger partial charge in [-0.05, 0) is 46.9 Å². The Balaban J connectivity index is 1.21. The van der Waals surface area contributed by atoms with Crippen LogP contribution in [-0.2, 0) is 14.3 Å². The maximum absolute atomic E-state index is 12.4. The number of hydrogen-bond donors (Lipinski definition) is 3. The van der Waals surface area contributed by atoms with Crippen molar-refractivity contribution < 1.29 is 24.2 Å². The van der Waals surface area contributed by atoms with Gasteiger partial charge in [0.15, 0.2) is 0 Å². The Bertz CT molecular complexity index is 1010. The van der Waals surface area contributed by atoms with Gasteiger partial charge in [-0.25, -0.2) is 4.79 Å². The van der Waals surface area contributed by atoms with Gasteiger partial charge in [-0.15, -0.1) is 0 Å². The largest absolute Gasteiger partial charge is 0.481 e. The number of ether oxygens (including phenoxy) is 1. The standard InChI is InChI=1S/C27H32N2O5/c1-16(2)24(14-26(31)32)29-25(30)13-17-11-18(12-17)28-27(33)34-15-23-21-9-5-3-7-19(21)20-8-4-6-10-22(20)23/h3-10,16-18,23-24H,11-15H2,1-2H3,(H,28,33)(H,29,30)(H,31,32). The smallest absolute Gasteiger partial charge is 0.407 e. The quantitative estimate of drug-likeness (QED) is 0.513. The minimum Gasteiger partial charge on any atom is -0.481 e. The molecule has 7 nitrogen and oxygen atoms in total. The number of benzene rings is 2. The van der Waals surface area contributed by atoms with Crippen molar-refractivity contribution in [2.45, 2.75) is 57.5 Å². The molecule has 3 N–H and O–H groups in total. The van der Waals surface area contributed by atoms with E-state index in [-0.39, 0.29) is 48.8 Å². The first kappa shape index (κ1) is 23.8. The van der Waals surface area contributed by atoms with Crippen LogP contribution in [0, 0.1) is 11.8 Å². The van der Waals surface area contributed by atoms with Gasteiger partial charge in [-0.2, -0.15) is 0 Å². The number of aliphatic carboxylic acids is 1. The summed E-state index contributed by atoms with van der Waals surface area (Å²) in [4.78, 5) is 35.7. The van der Waals surface area contributed by atoms with E-state index in [1.54, 1.807) is 0 Å². The van der Waals surface area contributed by atoms with Crippen LogP contribution >= 0.6 is 0 Å². The SMILES string of the molecule is CC(C)C(CC(=O)O)NC(=O)CC1CC(NC(=O)OCC2c3ccccc3-c3ccccc32)C1. The van der Waals surface area contributed by atoms with Gasteiger partial charge in [0, 0.05) is 24.4 Å². The van der Waals surface area contributed by atoms with Crippen LogP contribution in [0.25, 0.3) is 11.1 Å². The summed E-state index contributed by atoms with van der Waals surface area (Å²) in [7, 11) is 0. The highest BCUT2D eigenvalue weighted by atomic mass is 16.5. The molecule has 7 heteroatoms.